The van der Waals surface area contributed by atoms with Crippen LogP contribution >= 0.6 is 11.8 Å². The van der Waals surface area contributed by atoms with Gasteiger partial charge < -0.3 is 32.5 Å². The van der Waals surface area contributed by atoms with Crippen LogP contribution in [0.25, 0.3) is 0 Å². The fourth-order valence-electron chi connectivity index (χ4n) is 3.69. The highest BCUT2D eigenvalue weighted by atomic mass is 32.2. The van der Waals surface area contributed by atoms with Crippen LogP contribution in [0.15, 0.2) is 30.3 Å². The molecule has 0 saturated carbocycles. The topological polar surface area (TPSA) is 177 Å². The average molecular weight is 538 g/mol. The summed E-state index contributed by atoms with van der Waals surface area (Å²) in [5, 5.41) is 17.7. The zero-order chi connectivity index (χ0) is 27.8. The molecule has 0 radical (unpaired) electrons. The molecule has 0 heterocycles. The number of carboxylic acid groups (broad SMARTS) is 1. The lowest BCUT2D eigenvalue weighted by Crippen LogP contribution is -2.59. The van der Waals surface area contributed by atoms with Crippen LogP contribution in [0.2, 0.25) is 0 Å². The number of nitrogens with two attached hydrogens (primary N) is 2. The largest absolute Gasteiger partial charge is 0.480 e. The van der Waals surface area contributed by atoms with Crippen LogP contribution < -0.4 is 27.4 Å². The summed E-state index contributed by atoms with van der Waals surface area (Å²) in [4.78, 5) is 50.9. The third-order valence-corrected chi connectivity index (χ3v) is 6.88. The summed E-state index contributed by atoms with van der Waals surface area (Å²) in [7, 11) is 0. The van der Waals surface area contributed by atoms with Gasteiger partial charge in [-0.05, 0) is 49.3 Å². The van der Waals surface area contributed by atoms with Crippen LogP contribution in [0, 0.1) is 5.92 Å². The van der Waals surface area contributed by atoms with Gasteiger partial charge in [-0.15, -0.1) is 0 Å². The summed E-state index contributed by atoms with van der Waals surface area (Å²) in [6.45, 7) is 4.20. The van der Waals surface area contributed by atoms with Crippen LogP contribution in [0.3, 0.4) is 0 Å². The Morgan fingerprint density at radius 3 is 2.16 bits per heavy atom. The van der Waals surface area contributed by atoms with Crippen LogP contribution in [0.5, 0.6) is 0 Å². The molecular formula is C26H43N5O5S. The van der Waals surface area contributed by atoms with Crippen LogP contribution in [0.4, 0.5) is 0 Å². The summed E-state index contributed by atoms with van der Waals surface area (Å²) in [5.41, 5.74) is 12.3. The van der Waals surface area contributed by atoms with Crippen molar-refractivity contribution in [3.05, 3.63) is 35.9 Å². The molecule has 208 valence electrons. The predicted molar refractivity (Wildman–Crippen MR) is 147 cm³/mol. The van der Waals surface area contributed by atoms with E-state index in [1.165, 1.54) is 11.8 Å². The van der Waals surface area contributed by atoms with Crippen molar-refractivity contribution in [2.24, 2.45) is 17.4 Å². The van der Waals surface area contributed by atoms with E-state index < -0.39 is 47.9 Å². The average Bonchev–Trinajstić information content (AvgIpc) is 2.88. The zero-order valence-electron chi connectivity index (χ0n) is 22.1. The molecule has 0 aliphatic rings. The standard InChI is InChI=1S/C26H43N5O5S/c1-4-17(2)22(25(34)30-21(26(35)36)16-18-10-6-5-7-11-18)31-24(33)20(13-15-37-3)29-23(32)19(28)12-8-9-14-27/h5-7,10-11,17,19-22H,4,8-9,12-16,27-28H2,1-3H3,(H,29,32)(H,30,34)(H,31,33)(H,35,36). The molecule has 0 spiro atoms. The first kappa shape index (κ1) is 32.4. The number of thioether (sulfide) groups is 1. The summed E-state index contributed by atoms with van der Waals surface area (Å²) < 4.78 is 0. The number of hydrogen-bond acceptors (Lipinski definition) is 7. The molecule has 0 aromatic heterocycles. The number of carboxylic acids is 1. The number of hydrogen-bond donors (Lipinski definition) is 6. The molecule has 10 nitrogen and oxygen atoms in total. The van der Waals surface area contributed by atoms with Gasteiger partial charge in [-0.1, -0.05) is 57.0 Å². The lowest BCUT2D eigenvalue weighted by molar-refractivity contribution is -0.142. The van der Waals surface area contributed by atoms with E-state index in [-0.39, 0.29) is 12.3 Å². The molecule has 1 rings (SSSR count). The molecular weight excluding hydrogens is 494 g/mol. The van der Waals surface area contributed by atoms with E-state index in [2.05, 4.69) is 16.0 Å². The Kier molecular flexibility index (Phi) is 15.6. The zero-order valence-corrected chi connectivity index (χ0v) is 22.9. The van der Waals surface area contributed by atoms with Crippen molar-refractivity contribution >= 4 is 35.5 Å². The van der Waals surface area contributed by atoms with E-state index in [9.17, 15) is 24.3 Å². The van der Waals surface area contributed by atoms with E-state index in [4.69, 9.17) is 11.5 Å². The Morgan fingerprint density at radius 1 is 0.946 bits per heavy atom. The Hall–Kier alpha value is -2.63. The number of amides is 3. The molecule has 5 atom stereocenters. The number of carbonyl (C=O) groups excluding carboxylic acids is 3. The molecule has 0 aliphatic carbocycles. The van der Waals surface area contributed by atoms with Gasteiger partial charge in [0, 0.05) is 6.42 Å². The maximum atomic E-state index is 13.2. The second kappa shape index (κ2) is 17.8. The molecule has 0 aliphatic heterocycles. The Morgan fingerprint density at radius 2 is 1.59 bits per heavy atom. The summed E-state index contributed by atoms with van der Waals surface area (Å²) in [6.07, 6.45) is 4.84. The molecule has 37 heavy (non-hydrogen) atoms. The van der Waals surface area contributed by atoms with Crippen LogP contribution in [0.1, 0.15) is 51.5 Å². The minimum absolute atomic E-state index is 0.109. The number of carbonyl (C=O) groups is 4. The van der Waals surface area contributed by atoms with Gasteiger partial charge in [0.15, 0.2) is 0 Å². The van der Waals surface area contributed by atoms with Crippen molar-refractivity contribution < 1.29 is 24.3 Å². The number of unbranched alkanes of at least 4 members (excludes halogenated alkanes) is 1. The summed E-state index contributed by atoms with van der Waals surface area (Å²) in [6, 6.07) is 5.23. The van der Waals surface area contributed by atoms with Crippen molar-refractivity contribution in [3.63, 3.8) is 0 Å². The van der Waals surface area contributed by atoms with Crippen LogP contribution in [-0.2, 0) is 25.6 Å². The molecule has 8 N–H and O–H groups in total. The third kappa shape index (κ3) is 12.0. The first-order valence-electron chi connectivity index (χ1n) is 12.8. The van der Waals surface area contributed by atoms with Crippen molar-refractivity contribution in [3.8, 4) is 0 Å². The number of nitrogens with one attached hydrogen (secondary N) is 3. The van der Waals surface area contributed by atoms with Gasteiger partial charge in [0.05, 0.1) is 6.04 Å². The van der Waals surface area contributed by atoms with Gasteiger partial charge in [0.1, 0.15) is 18.1 Å². The SMILES string of the molecule is CCC(C)C(NC(=O)C(CCSC)NC(=O)C(N)CCCCN)C(=O)NC(Cc1ccccc1)C(=O)O. The van der Waals surface area contributed by atoms with E-state index in [0.717, 1.165) is 12.0 Å². The molecule has 0 saturated heterocycles. The smallest absolute Gasteiger partial charge is 0.326 e. The fourth-order valence-corrected chi connectivity index (χ4v) is 4.16. The molecule has 11 heteroatoms. The van der Waals surface area contributed by atoms with E-state index >= 15 is 0 Å². The van der Waals surface area contributed by atoms with E-state index in [1.807, 2.05) is 19.2 Å². The third-order valence-electron chi connectivity index (χ3n) is 6.24. The predicted octanol–water partition coefficient (Wildman–Crippen LogP) is 1.02. The van der Waals surface area contributed by atoms with E-state index in [1.54, 1.807) is 31.2 Å². The van der Waals surface area contributed by atoms with Crippen molar-refractivity contribution in [1.82, 2.24) is 16.0 Å². The van der Waals surface area contributed by atoms with E-state index in [0.29, 0.717) is 38.0 Å². The van der Waals surface area contributed by atoms with Crippen molar-refractivity contribution in [1.29, 1.82) is 0 Å². The van der Waals surface area contributed by atoms with Gasteiger partial charge in [-0.2, -0.15) is 11.8 Å². The molecule has 0 fully saturated rings. The van der Waals surface area contributed by atoms with Gasteiger partial charge in [0.2, 0.25) is 17.7 Å². The van der Waals surface area contributed by atoms with Gasteiger partial charge in [-0.3, -0.25) is 14.4 Å². The molecule has 1 aromatic rings. The minimum atomic E-state index is -1.17. The second-order valence-electron chi connectivity index (χ2n) is 9.19. The fraction of sp³-hybridized carbons (Fsp3) is 0.615. The van der Waals surface area contributed by atoms with Crippen molar-refractivity contribution in [2.75, 3.05) is 18.6 Å². The minimum Gasteiger partial charge on any atom is -0.480 e. The quantitative estimate of drug-likeness (QED) is 0.150. The second-order valence-corrected chi connectivity index (χ2v) is 10.2. The maximum absolute atomic E-state index is 13.2. The lowest BCUT2D eigenvalue weighted by atomic mass is 9.96. The van der Waals surface area contributed by atoms with Crippen molar-refractivity contribution in [2.45, 2.75) is 76.5 Å². The van der Waals surface area contributed by atoms with Crippen LogP contribution in [-0.4, -0.2) is 71.5 Å². The highest BCUT2D eigenvalue weighted by molar-refractivity contribution is 7.98. The Bertz CT molecular complexity index is 857. The maximum Gasteiger partial charge on any atom is 0.326 e. The van der Waals surface area contributed by atoms with Gasteiger partial charge >= 0.3 is 5.97 Å². The first-order chi connectivity index (χ1) is 17.6. The first-order valence-corrected chi connectivity index (χ1v) is 14.2. The molecule has 5 unspecified atom stereocenters. The number of rotatable bonds is 18. The monoisotopic (exact) mass is 537 g/mol. The number of benzene rings is 1. The molecule has 1 aromatic carbocycles. The molecule has 3 amide bonds. The lowest BCUT2D eigenvalue weighted by Gasteiger charge is -2.28. The highest BCUT2D eigenvalue weighted by Crippen LogP contribution is 2.12. The Labute approximate surface area is 224 Å². The number of aliphatic carboxylic acids is 1. The van der Waals surface area contributed by atoms with Gasteiger partial charge in [0.25, 0.3) is 0 Å². The highest BCUT2D eigenvalue weighted by Gasteiger charge is 2.32. The molecule has 0 bridgehead atoms. The summed E-state index contributed by atoms with van der Waals surface area (Å²) >= 11 is 1.53. The normalized spacial score (nSPS) is 15.1. The van der Waals surface area contributed by atoms with Gasteiger partial charge in [-0.25, -0.2) is 4.79 Å². The Balaban J connectivity index is 2.96. The summed E-state index contributed by atoms with van der Waals surface area (Å²) in [5.74, 6) is -2.35.